The molecule has 3 heterocycles. The van der Waals surface area contributed by atoms with Crippen LogP contribution in [0.15, 0.2) is 36.4 Å². The summed E-state index contributed by atoms with van der Waals surface area (Å²) in [6, 6.07) is 11.0. The van der Waals surface area contributed by atoms with Crippen LogP contribution >= 0.6 is 11.3 Å². The molecule has 0 radical (unpaired) electrons. The van der Waals surface area contributed by atoms with E-state index in [1.54, 1.807) is 16.8 Å². The van der Waals surface area contributed by atoms with Crippen LogP contribution in [0.2, 0.25) is 0 Å². The zero-order valence-corrected chi connectivity index (χ0v) is 18.8. The third-order valence-corrected chi connectivity index (χ3v) is 6.18. The van der Waals surface area contributed by atoms with Gasteiger partial charge < -0.3 is 10.1 Å². The highest BCUT2D eigenvalue weighted by Gasteiger charge is 2.21. The van der Waals surface area contributed by atoms with Gasteiger partial charge in [-0.1, -0.05) is 18.2 Å². The normalized spacial score (nSPS) is 11.0. The van der Waals surface area contributed by atoms with Gasteiger partial charge in [-0.3, -0.25) is 9.48 Å². The molecule has 0 unspecified atom stereocenters. The number of benzene rings is 1. The SMILES string of the molecule is COC(=O)c1cc(C)sc1NC(=O)c1cc(-c2c(C)nn(C)c2C)nc2ccccc12. The smallest absolute Gasteiger partial charge is 0.340 e. The molecule has 0 atom stereocenters. The van der Waals surface area contributed by atoms with Crippen molar-refractivity contribution in [1.29, 1.82) is 0 Å². The summed E-state index contributed by atoms with van der Waals surface area (Å²) in [4.78, 5) is 31.2. The molecule has 7 nitrogen and oxygen atoms in total. The lowest BCUT2D eigenvalue weighted by Gasteiger charge is -2.11. The lowest BCUT2D eigenvalue weighted by atomic mass is 10.0. The Bertz CT molecular complexity index is 1340. The molecule has 4 rings (SSSR count). The van der Waals surface area contributed by atoms with Crippen molar-refractivity contribution in [2.45, 2.75) is 20.8 Å². The maximum absolute atomic E-state index is 13.4. The number of aromatic nitrogens is 3. The molecule has 0 saturated heterocycles. The molecule has 0 aliphatic heterocycles. The Kier molecular flexibility index (Phi) is 5.32. The Balaban J connectivity index is 1.84. The van der Waals surface area contributed by atoms with Crippen LogP contribution in [-0.4, -0.2) is 33.8 Å². The van der Waals surface area contributed by atoms with E-state index < -0.39 is 5.97 Å². The fourth-order valence-electron chi connectivity index (χ4n) is 3.67. The first kappa shape index (κ1) is 20.7. The highest BCUT2D eigenvalue weighted by Crippen LogP contribution is 2.32. The number of pyridine rings is 1. The zero-order chi connectivity index (χ0) is 22.3. The topological polar surface area (TPSA) is 86.1 Å². The number of ether oxygens (including phenoxy) is 1. The lowest BCUT2D eigenvalue weighted by molar-refractivity contribution is 0.0602. The van der Waals surface area contributed by atoms with Gasteiger partial charge in [0.25, 0.3) is 5.91 Å². The van der Waals surface area contributed by atoms with Gasteiger partial charge in [-0.15, -0.1) is 11.3 Å². The van der Waals surface area contributed by atoms with Crippen LogP contribution in [0.5, 0.6) is 0 Å². The molecule has 31 heavy (non-hydrogen) atoms. The first-order valence-corrected chi connectivity index (χ1v) is 10.5. The summed E-state index contributed by atoms with van der Waals surface area (Å²) >= 11 is 1.33. The van der Waals surface area contributed by atoms with E-state index in [2.05, 4.69) is 10.4 Å². The fraction of sp³-hybridized carbons (Fsp3) is 0.217. The molecule has 0 aliphatic carbocycles. The summed E-state index contributed by atoms with van der Waals surface area (Å²) in [7, 11) is 3.20. The zero-order valence-electron chi connectivity index (χ0n) is 17.9. The molecule has 1 amide bonds. The summed E-state index contributed by atoms with van der Waals surface area (Å²) in [6.07, 6.45) is 0. The second-order valence-electron chi connectivity index (χ2n) is 7.29. The molecule has 3 aromatic heterocycles. The number of hydrogen-bond donors (Lipinski definition) is 1. The van der Waals surface area contributed by atoms with E-state index in [4.69, 9.17) is 9.72 Å². The highest BCUT2D eigenvalue weighted by molar-refractivity contribution is 7.16. The molecule has 8 heteroatoms. The van der Waals surface area contributed by atoms with Gasteiger partial charge in [0.1, 0.15) is 5.00 Å². The number of nitrogens with one attached hydrogen (secondary N) is 1. The monoisotopic (exact) mass is 434 g/mol. The Morgan fingerprint density at radius 2 is 1.84 bits per heavy atom. The number of carbonyl (C=O) groups is 2. The molecule has 0 fully saturated rings. The number of aryl methyl sites for hydroxylation is 3. The van der Waals surface area contributed by atoms with Crippen LogP contribution in [0.3, 0.4) is 0 Å². The minimum Gasteiger partial charge on any atom is -0.465 e. The van der Waals surface area contributed by atoms with E-state index in [1.165, 1.54) is 18.4 Å². The summed E-state index contributed by atoms with van der Waals surface area (Å²) < 4.78 is 6.65. The van der Waals surface area contributed by atoms with Crippen molar-refractivity contribution in [2.24, 2.45) is 7.05 Å². The van der Waals surface area contributed by atoms with Crippen molar-refractivity contribution in [3.63, 3.8) is 0 Å². The predicted molar refractivity (Wildman–Crippen MR) is 122 cm³/mol. The van der Waals surface area contributed by atoms with Crippen molar-refractivity contribution >= 4 is 39.1 Å². The minimum atomic E-state index is -0.485. The molecular formula is C23H22N4O3S. The second kappa shape index (κ2) is 7.96. The number of anilines is 1. The van der Waals surface area contributed by atoms with E-state index in [9.17, 15) is 9.59 Å². The van der Waals surface area contributed by atoms with Crippen LogP contribution in [0.4, 0.5) is 5.00 Å². The summed E-state index contributed by atoms with van der Waals surface area (Å²) in [5.41, 5.74) is 4.93. The number of nitrogens with zero attached hydrogens (tertiary/aromatic N) is 3. The first-order chi connectivity index (χ1) is 14.8. The van der Waals surface area contributed by atoms with Crippen LogP contribution in [0.25, 0.3) is 22.2 Å². The van der Waals surface area contributed by atoms with Gasteiger partial charge >= 0.3 is 5.97 Å². The number of fused-ring (bicyclic) bond motifs is 1. The minimum absolute atomic E-state index is 0.314. The van der Waals surface area contributed by atoms with Crippen LogP contribution in [-0.2, 0) is 11.8 Å². The Morgan fingerprint density at radius 3 is 2.52 bits per heavy atom. The number of esters is 1. The van der Waals surface area contributed by atoms with E-state index >= 15 is 0 Å². The quantitative estimate of drug-likeness (QED) is 0.472. The number of para-hydroxylation sites is 1. The molecule has 0 aliphatic rings. The summed E-state index contributed by atoms with van der Waals surface area (Å²) in [5.74, 6) is -0.799. The Morgan fingerprint density at radius 1 is 1.10 bits per heavy atom. The fourth-order valence-corrected chi connectivity index (χ4v) is 4.57. The van der Waals surface area contributed by atoms with Gasteiger partial charge in [0.15, 0.2) is 0 Å². The molecule has 0 saturated carbocycles. The van der Waals surface area contributed by atoms with E-state index in [0.29, 0.717) is 27.3 Å². The van der Waals surface area contributed by atoms with E-state index in [0.717, 1.165) is 27.2 Å². The molecule has 4 aromatic rings. The number of methoxy groups -OCH3 is 1. The van der Waals surface area contributed by atoms with Gasteiger partial charge in [-0.25, -0.2) is 9.78 Å². The third-order valence-electron chi connectivity index (χ3n) is 5.21. The predicted octanol–water partition coefficient (Wildman–Crippen LogP) is 4.66. The number of carbonyl (C=O) groups excluding carboxylic acids is 2. The third kappa shape index (κ3) is 3.70. The summed E-state index contributed by atoms with van der Waals surface area (Å²) in [6.45, 7) is 5.78. The van der Waals surface area contributed by atoms with E-state index in [1.807, 2.05) is 52.1 Å². The van der Waals surface area contributed by atoms with E-state index in [-0.39, 0.29) is 5.91 Å². The van der Waals surface area contributed by atoms with Gasteiger partial charge in [-0.2, -0.15) is 5.10 Å². The largest absolute Gasteiger partial charge is 0.465 e. The van der Waals surface area contributed by atoms with Crippen LogP contribution in [0, 0.1) is 20.8 Å². The first-order valence-electron chi connectivity index (χ1n) is 9.70. The van der Waals surface area contributed by atoms with Crippen molar-refractivity contribution in [3.05, 3.63) is 63.8 Å². The van der Waals surface area contributed by atoms with Crippen molar-refractivity contribution in [2.75, 3.05) is 12.4 Å². The standard InChI is InChI=1S/C23H22N4O3S/c1-12-10-17(23(29)30-5)22(31-12)25-21(28)16-11-19(20-13(2)26-27(4)14(20)3)24-18-9-7-6-8-15(16)18/h6-11H,1-5H3,(H,25,28). The van der Waals surface area contributed by atoms with Gasteiger partial charge in [0.05, 0.1) is 35.1 Å². The highest BCUT2D eigenvalue weighted by atomic mass is 32.1. The molecule has 0 spiro atoms. The summed E-state index contributed by atoms with van der Waals surface area (Å²) in [5, 5.41) is 8.57. The van der Waals surface area contributed by atoms with Gasteiger partial charge in [0.2, 0.25) is 0 Å². The van der Waals surface area contributed by atoms with Crippen LogP contribution < -0.4 is 5.32 Å². The molecule has 1 aromatic carbocycles. The second-order valence-corrected chi connectivity index (χ2v) is 8.54. The number of hydrogen-bond acceptors (Lipinski definition) is 6. The number of thiophene rings is 1. The van der Waals surface area contributed by atoms with Crippen molar-refractivity contribution in [3.8, 4) is 11.3 Å². The maximum Gasteiger partial charge on any atom is 0.340 e. The molecule has 0 bridgehead atoms. The average Bonchev–Trinajstić information content (AvgIpc) is 3.24. The molecule has 1 N–H and O–H groups in total. The lowest BCUT2D eigenvalue weighted by Crippen LogP contribution is -2.14. The maximum atomic E-state index is 13.4. The van der Waals surface area contributed by atoms with Crippen molar-refractivity contribution < 1.29 is 14.3 Å². The molecule has 158 valence electrons. The number of rotatable bonds is 4. The van der Waals surface area contributed by atoms with Gasteiger partial charge in [-0.05, 0) is 39.0 Å². The molecular weight excluding hydrogens is 412 g/mol. The Hall–Kier alpha value is -3.52. The van der Waals surface area contributed by atoms with Gasteiger partial charge in [0, 0.05) is 28.6 Å². The average molecular weight is 435 g/mol. The number of amides is 1. The van der Waals surface area contributed by atoms with Crippen LogP contribution in [0.1, 0.15) is 37.0 Å². The van der Waals surface area contributed by atoms with Crippen molar-refractivity contribution in [1.82, 2.24) is 14.8 Å². The Labute approximate surface area is 183 Å².